The summed E-state index contributed by atoms with van der Waals surface area (Å²) in [7, 11) is 0. The van der Waals surface area contributed by atoms with Gasteiger partial charge in [-0.15, -0.1) is 11.3 Å². The van der Waals surface area contributed by atoms with Gasteiger partial charge in [-0.05, 0) is 42.8 Å². The minimum absolute atomic E-state index is 0.294. The number of aromatic nitrogens is 2. The lowest BCUT2D eigenvalue weighted by Crippen LogP contribution is -2.31. The number of fused-ring (bicyclic) bond motifs is 1. The zero-order chi connectivity index (χ0) is 21.4. The van der Waals surface area contributed by atoms with Crippen LogP contribution < -0.4 is 10.9 Å². The molecule has 0 bridgehead atoms. The Morgan fingerprint density at radius 2 is 1.73 bits per heavy atom. The molecule has 0 saturated heterocycles. The van der Waals surface area contributed by atoms with E-state index in [1.54, 1.807) is 37.3 Å². The Morgan fingerprint density at radius 3 is 2.40 bits per heavy atom. The Hall–Kier alpha value is -2.38. The third-order valence-electron chi connectivity index (χ3n) is 4.60. The molecule has 4 rings (SSSR count). The second-order valence-corrected chi connectivity index (χ2v) is 8.78. The number of carbonyl (C=O) groups is 1. The van der Waals surface area contributed by atoms with Gasteiger partial charge in [0, 0.05) is 31.7 Å². The first-order valence-corrected chi connectivity index (χ1v) is 10.9. The first-order valence-electron chi connectivity index (χ1n) is 8.84. The Labute approximate surface area is 190 Å². The van der Waals surface area contributed by atoms with Gasteiger partial charge in [0.15, 0.2) is 0 Å². The highest BCUT2D eigenvalue weighted by Crippen LogP contribution is 2.31. The fraction of sp³-hybridized carbons (Fsp3) is 0.0952. The second-order valence-electron chi connectivity index (χ2n) is 6.62. The number of thiophene rings is 1. The van der Waals surface area contributed by atoms with E-state index in [1.165, 1.54) is 22.2 Å². The van der Waals surface area contributed by atoms with E-state index in [1.807, 2.05) is 17.5 Å². The lowest BCUT2D eigenvalue weighted by Gasteiger charge is -2.15. The van der Waals surface area contributed by atoms with Gasteiger partial charge in [-0.2, -0.15) is 0 Å². The molecule has 2 heterocycles. The minimum atomic E-state index is -0.801. The van der Waals surface area contributed by atoms with Gasteiger partial charge in [-0.25, -0.2) is 4.98 Å². The molecule has 0 saturated carbocycles. The van der Waals surface area contributed by atoms with E-state index in [-0.39, 0.29) is 11.5 Å². The largest absolute Gasteiger partial charge is 0.324 e. The van der Waals surface area contributed by atoms with Gasteiger partial charge in [0.1, 0.15) is 10.9 Å². The molecule has 0 radical (unpaired) electrons. The molecule has 0 fully saturated rings. The lowest BCUT2D eigenvalue weighted by atomic mass is 10.1. The van der Waals surface area contributed by atoms with Crippen LogP contribution in [-0.4, -0.2) is 15.5 Å². The Bertz CT molecular complexity index is 1300. The van der Waals surface area contributed by atoms with Crippen LogP contribution in [0.5, 0.6) is 0 Å². The van der Waals surface area contributed by atoms with Crippen LogP contribution in [0.2, 0.25) is 15.1 Å². The van der Waals surface area contributed by atoms with Gasteiger partial charge < -0.3 is 5.32 Å². The molecule has 30 heavy (non-hydrogen) atoms. The minimum Gasteiger partial charge on any atom is -0.324 e. The molecular weight excluding hydrogens is 465 g/mol. The van der Waals surface area contributed by atoms with Gasteiger partial charge in [-0.3, -0.25) is 14.2 Å². The van der Waals surface area contributed by atoms with E-state index in [9.17, 15) is 9.59 Å². The van der Waals surface area contributed by atoms with Crippen molar-refractivity contribution in [1.82, 2.24) is 9.55 Å². The van der Waals surface area contributed by atoms with E-state index in [2.05, 4.69) is 10.3 Å². The topological polar surface area (TPSA) is 64.0 Å². The van der Waals surface area contributed by atoms with Crippen LogP contribution in [0.15, 0.2) is 59.0 Å². The summed E-state index contributed by atoms with van der Waals surface area (Å²) in [5.41, 5.74) is 1.77. The first-order chi connectivity index (χ1) is 14.3. The molecule has 2 aromatic carbocycles. The molecule has 9 heteroatoms. The summed E-state index contributed by atoms with van der Waals surface area (Å²) >= 11 is 19.3. The standard InChI is InChI=1S/C21H14Cl3N3O2S/c1-11(19(28)26-16-7-14(23)6-15(24)8-16)27-10-25-20-18(21(27)29)17(9-30-20)12-2-4-13(22)5-3-12/h2-11H,1H3,(H,26,28). The number of halogens is 3. The van der Waals surface area contributed by atoms with Gasteiger partial charge in [-0.1, -0.05) is 46.9 Å². The smallest absolute Gasteiger partial charge is 0.263 e. The van der Waals surface area contributed by atoms with Crippen LogP contribution in [0.4, 0.5) is 5.69 Å². The Kier molecular flexibility index (Phi) is 5.84. The summed E-state index contributed by atoms with van der Waals surface area (Å²) in [6.07, 6.45) is 1.39. The van der Waals surface area contributed by atoms with Gasteiger partial charge >= 0.3 is 0 Å². The van der Waals surface area contributed by atoms with Crippen molar-refractivity contribution in [2.45, 2.75) is 13.0 Å². The van der Waals surface area contributed by atoms with Crippen molar-refractivity contribution >= 4 is 68.0 Å². The van der Waals surface area contributed by atoms with E-state index in [0.717, 1.165) is 11.1 Å². The Morgan fingerprint density at radius 1 is 1.07 bits per heavy atom. The normalized spacial score (nSPS) is 12.1. The number of rotatable bonds is 4. The van der Waals surface area contributed by atoms with Gasteiger partial charge in [0.05, 0.1) is 11.7 Å². The summed E-state index contributed by atoms with van der Waals surface area (Å²) < 4.78 is 1.32. The van der Waals surface area contributed by atoms with Gasteiger partial charge in [0.25, 0.3) is 5.56 Å². The molecule has 2 aromatic heterocycles. The van der Waals surface area contributed by atoms with Crippen LogP contribution >= 0.6 is 46.1 Å². The summed E-state index contributed by atoms with van der Waals surface area (Å²) in [5, 5.41) is 6.49. The predicted octanol–water partition coefficient (Wildman–Crippen LogP) is 6.28. The van der Waals surface area contributed by atoms with Crippen molar-refractivity contribution in [3.63, 3.8) is 0 Å². The van der Waals surface area contributed by atoms with E-state index in [4.69, 9.17) is 34.8 Å². The molecule has 0 aliphatic carbocycles. The summed E-state index contributed by atoms with van der Waals surface area (Å²) in [6, 6.07) is 11.2. The van der Waals surface area contributed by atoms with Crippen molar-refractivity contribution in [2.75, 3.05) is 5.32 Å². The maximum absolute atomic E-state index is 13.2. The molecule has 5 nitrogen and oxygen atoms in total. The number of benzene rings is 2. The molecule has 1 N–H and O–H groups in total. The zero-order valence-electron chi connectivity index (χ0n) is 15.5. The Balaban J connectivity index is 1.71. The number of nitrogens with zero attached hydrogens (tertiary/aromatic N) is 2. The second kappa shape index (κ2) is 8.40. The van der Waals surface area contributed by atoms with E-state index < -0.39 is 6.04 Å². The molecule has 0 aliphatic rings. The number of amides is 1. The summed E-state index contributed by atoms with van der Waals surface area (Å²) in [5.74, 6) is -0.389. The highest BCUT2D eigenvalue weighted by molar-refractivity contribution is 7.17. The van der Waals surface area contributed by atoms with E-state index in [0.29, 0.717) is 31.0 Å². The molecule has 152 valence electrons. The SMILES string of the molecule is CC(C(=O)Nc1cc(Cl)cc(Cl)c1)n1cnc2scc(-c3ccc(Cl)cc3)c2c1=O. The van der Waals surface area contributed by atoms with Crippen LogP contribution in [0, 0.1) is 0 Å². The molecule has 0 aliphatic heterocycles. The van der Waals surface area contributed by atoms with E-state index >= 15 is 0 Å². The molecule has 0 spiro atoms. The average Bonchev–Trinajstić information content (AvgIpc) is 3.12. The fourth-order valence-corrected chi connectivity index (χ4v) is 4.62. The maximum Gasteiger partial charge on any atom is 0.263 e. The first kappa shape index (κ1) is 20.9. The van der Waals surface area contributed by atoms with Crippen molar-refractivity contribution < 1.29 is 4.79 Å². The van der Waals surface area contributed by atoms with Crippen molar-refractivity contribution in [3.05, 3.63) is 79.6 Å². The fourth-order valence-electron chi connectivity index (χ4n) is 3.06. The quantitative estimate of drug-likeness (QED) is 0.375. The lowest BCUT2D eigenvalue weighted by molar-refractivity contribution is -0.118. The third kappa shape index (κ3) is 4.09. The molecule has 1 amide bonds. The maximum atomic E-state index is 13.2. The average molecular weight is 479 g/mol. The molecule has 1 unspecified atom stereocenters. The monoisotopic (exact) mass is 477 g/mol. The highest BCUT2D eigenvalue weighted by Gasteiger charge is 2.20. The predicted molar refractivity (Wildman–Crippen MR) is 124 cm³/mol. The zero-order valence-corrected chi connectivity index (χ0v) is 18.6. The van der Waals surface area contributed by atoms with Crippen LogP contribution in [0.3, 0.4) is 0 Å². The number of hydrogen-bond acceptors (Lipinski definition) is 4. The van der Waals surface area contributed by atoms with Gasteiger partial charge in [0.2, 0.25) is 5.91 Å². The number of anilines is 1. The van der Waals surface area contributed by atoms with Crippen LogP contribution in [-0.2, 0) is 4.79 Å². The molecular formula is C21H14Cl3N3O2S. The molecule has 1 atom stereocenters. The number of carbonyl (C=O) groups excluding carboxylic acids is 1. The van der Waals surface area contributed by atoms with Crippen molar-refractivity contribution in [1.29, 1.82) is 0 Å². The van der Waals surface area contributed by atoms with Crippen molar-refractivity contribution in [2.24, 2.45) is 0 Å². The number of nitrogens with one attached hydrogen (secondary N) is 1. The third-order valence-corrected chi connectivity index (χ3v) is 6.18. The highest BCUT2D eigenvalue weighted by atomic mass is 35.5. The summed E-state index contributed by atoms with van der Waals surface area (Å²) in [6.45, 7) is 1.63. The van der Waals surface area contributed by atoms with Crippen LogP contribution in [0.1, 0.15) is 13.0 Å². The summed E-state index contributed by atoms with van der Waals surface area (Å²) in [4.78, 5) is 31.0. The van der Waals surface area contributed by atoms with Crippen LogP contribution in [0.25, 0.3) is 21.3 Å². The number of hydrogen-bond donors (Lipinski definition) is 1. The van der Waals surface area contributed by atoms with Crippen molar-refractivity contribution in [3.8, 4) is 11.1 Å². The molecule has 4 aromatic rings.